The predicted octanol–water partition coefficient (Wildman–Crippen LogP) is 3.86. The lowest BCUT2D eigenvalue weighted by molar-refractivity contribution is -0.290. The first kappa shape index (κ1) is 19.9. The first-order chi connectivity index (χ1) is 10.5. The van der Waals surface area contributed by atoms with Crippen molar-refractivity contribution < 1.29 is 36.6 Å². The molecule has 1 aliphatic carbocycles. The Bertz CT molecular complexity index is 427. The first-order valence-electron chi connectivity index (χ1n) is 7.43. The Hall–Kier alpha value is -1.18. The monoisotopic (exact) mass is 344 g/mol. The highest BCUT2D eigenvalue weighted by Gasteiger charge is 2.60. The van der Waals surface area contributed by atoms with Gasteiger partial charge in [-0.3, -0.25) is 0 Å². The molecule has 0 radical (unpaired) electrons. The number of alkyl halides is 5. The summed E-state index contributed by atoms with van der Waals surface area (Å²) in [6, 6.07) is 0. The van der Waals surface area contributed by atoms with Crippen LogP contribution in [0, 0.1) is 11.8 Å². The van der Waals surface area contributed by atoms with Crippen molar-refractivity contribution in [1.29, 1.82) is 0 Å². The van der Waals surface area contributed by atoms with Gasteiger partial charge in [0.1, 0.15) is 6.61 Å². The Labute approximate surface area is 131 Å². The number of hydrogen-bond donors (Lipinski definition) is 1. The summed E-state index contributed by atoms with van der Waals surface area (Å²) in [7, 11) is 0. The number of carbonyl (C=O) groups is 1. The predicted molar refractivity (Wildman–Crippen MR) is 72.8 cm³/mol. The molecule has 0 heterocycles. The lowest BCUT2D eigenvalue weighted by Gasteiger charge is -2.37. The molecule has 0 amide bonds. The highest BCUT2D eigenvalue weighted by atomic mass is 19.4. The zero-order valence-corrected chi connectivity index (χ0v) is 12.8. The van der Waals surface area contributed by atoms with Crippen LogP contribution in [0.2, 0.25) is 0 Å². The van der Waals surface area contributed by atoms with Gasteiger partial charge < -0.3 is 9.84 Å². The lowest BCUT2D eigenvalue weighted by atomic mass is 9.76. The largest absolute Gasteiger partial charge is 0.462 e. The number of aliphatic hydroxyl groups is 1. The van der Waals surface area contributed by atoms with E-state index >= 15 is 0 Å². The third-order valence-electron chi connectivity index (χ3n) is 4.13. The van der Waals surface area contributed by atoms with E-state index in [1.54, 1.807) is 0 Å². The fourth-order valence-corrected chi connectivity index (χ4v) is 2.81. The standard InChI is InChI=1S/C15H21F5O3/c1-9(2)12(21)23-8-11(10-6-4-3-5-7-10)14(16,17)13(22)15(18,19)20/h10-11,13,22H,1,3-8H2,2H3. The van der Waals surface area contributed by atoms with Gasteiger partial charge in [0.05, 0.1) is 5.92 Å². The van der Waals surface area contributed by atoms with Crippen LogP contribution in [0.4, 0.5) is 22.0 Å². The summed E-state index contributed by atoms with van der Waals surface area (Å²) in [5.74, 6) is -8.00. The van der Waals surface area contributed by atoms with E-state index in [1.165, 1.54) is 6.92 Å². The van der Waals surface area contributed by atoms with Gasteiger partial charge in [-0.25, -0.2) is 13.6 Å². The summed E-state index contributed by atoms with van der Waals surface area (Å²) >= 11 is 0. The number of esters is 1. The minimum absolute atomic E-state index is 0.0351. The van der Waals surface area contributed by atoms with Gasteiger partial charge in [-0.2, -0.15) is 13.2 Å². The molecule has 1 fully saturated rings. The number of carbonyl (C=O) groups excluding carboxylic acids is 1. The van der Waals surface area contributed by atoms with Crippen LogP contribution in [0.1, 0.15) is 39.0 Å². The molecule has 2 atom stereocenters. The van der Waals surface area contributed by atoms with Crippen LogP contribution in [-0.2, 0) is 9.53 Å². The van der Waals surface area contributed by atoms with E-state index in [2.05, 4.69) is 11.3 Å². The van der Waals surface area contributed by atoms with Gasteiger partial charge in [0.2, 0.25) is 6.10 Å². The third kappa shape index (κ3) is 5.16. The molecule has 3 nitrogen and oxygen atoms in total. The lowest BCUT2D eigenvalue weighted by Crippen LogP contribution is -2.53. The van der Waals surface area contributed by atoms with Crippen LogP contribution in [0.15, 0.2) is 12.2 Å². The Morgan fingerprint density at radius 1 is 1.22 bits per heavy atom. The molecule has 8 heteroatoms. The fraction of sp³-hybridized carbons (Fsp3) is 0.800. The summed E-state index contributed by atoms with van der Waals surface area (Å²) in [5.41, 5.74) is -0.0351. The molecule has 0 aromatic heterocycles. The zero-order valence-electron chi connectivity index (χ0n) is 12.8. The Morgan fingerprint density at radius 3 is 2.17 bits per heavy atom. The minimum atomic E-state index is -5.45. The average molecular weight is 344 g/mol. The van der Waals surface area contributed by atoms with Crippen LogP contribution in [0.5, 0.6) is 0 Å². The highest BCUT2D eigenvalue weighted by molar-refractivity contribution is 5.86. The van der Waals surface area contributed by atoms with Crippen LogP contribution in [-0.4, -0.2) is 35.9 Å². The molecule has 0 spiro atoms. The van der Waals surface area contributed by atoms with Crippen molar-refractivity contribution in [2.45, 2.75) is 57.2 Å². The fourth-order valence-electron chi connectivity index (χ4n) is 2.81. The molecule has 0 bridgehead atoms. The number of rotatable bonds is 6. The molecular formula is C15H21F5O3. The van der Waals surface area contributed by atoms with Crippen LogP contribution in [0.3, 0.4) is 0 Å². The van der Waals surface area contributed by atoms with Gasteiger partial charge in [0.25, 0.3) is 5.92 Å². The quantitative estimate of drug-likeness (QED) is 0.452. The summed E-state index contributed by atoms with van der Waals surface area (Å²) in [6.45, 7) is 3.72. The molecule has 23 heavy (non-hydrogen) atoms. The van der Waals surface area contributed by atoms with Gasteiger partial charge in [-0.05, 0) is 25.7 Å². The molecule has 0 aliphatic heterocycles. The van der Waals surface area contributed by atoms with Gasteiger partial charge >= 0.3 is 12.1 Å². The zero-order chi connectivity index (χ0) is 17.8. The normalized spacial score (nSPS) is 20.0. The van der Waals surface area contributed by atoms with Crippen LogP contribution in [0.25, 0.3) is 0 Å². The van der Waals surface area contributed by atoms with Crippen LogP contribution < -0.4 is 0 Å². The third-order valence-corrected chi connectivity index (χ3v) is 4.13. The van der Waals surface area contributed by atoms with Gasteiger partial charge in [0, 0.05) is 5.57 Å². The average Bonchev–Trinajstić information content (AvgIpc) is 2.46. The van der Waals surface area contributed by atoms with E-state index in [9.17, 15) is 26.7 Å². The summed E-state index contributed by atoms with van der Waals surface area (Å²) in [5, 5.41) is 9.06. The number of hydrogen-bond acceptors (Lipinski definition) is 3. The number of aliphatic hydroxyl groups excluding tert-OH is 1. The highest BCUT2D eigenvalue weighted by Crippen LogP contribution is 2.44. The van der Waals surface area contributed by atoms with Crippen LogP contribution >= 0.6 is 0 Å². The van der Waals surface area contributed by atoms with Crippen molar-refractivity contribution in [2.75, 3.05) is 6.61 Å². The van der Waals surface area contributed by atoms with Gasteiger partial charge in [-0.15, -0.1) is 0 Å². The summed E-state index contributed by atoms with van der Waals surface area (Å²) in [6.07, 6.45) is -6.55. The van der Waals surface area contributed by atoms with Crippen molar-refractivity contribution in [3.8, 4) is 0 Å². The maximum Gasteiger partial charge on any atom is 0.420 e. The van der Waals surface area contributed by atoms with Gasteiger partial charge in [0.15, 0.2) is 0 Å². The molecule has 134 valence electrons. The Morgan fingerprint density at radius 2 is 1.74 bits per heavy atom. The van der Waals surface area contributed by atoms with E-state index in [-0.39, 0.29) is 5.57 Å². The van der Waals surface area contributed by atoms with Crippen molar-refractivity contribution in [3.05, 3.63) is 12.2 Å². The van der Waals surface area contributed by atoms with Crippen molar-refractivity contribution in [2.24, 2.45) is 11.8 Å². The molecule has 2 unspecified atom stereocenters. The second-order valence-corrected chi connectivity index (χ2v) is 6.00. The first-order valence-corrected chi connectivity index (χ1v) is 7.43. The van der Waals surface area contributed by atoms with Crippen molar-refractivity contribution >= 4 is 5.97 Å². The second kappa shape index (κ2) is 7.59. The van der Waals surface area contributed by atoms with E-state index in [4.69, 9.17) is 5.11 Å². The number of ether oxygens (including phenoxy) is 1. The molecule has 1 N–H and O–H groups in total. The van der Waals surface area contributed by atoms with Gasteiger partial charge in [-0.1, -0.05) is 25.8 Å². The maximum absolute atomic E-state index is 14.2. The molecule has 0 aromatic carbocycles. The molecule has 0 aromatic rings. The summed E-state index contributed by atoms with van der Waals surface area (Å²) in [4.78, 5) is 11.4. The smallest absolute Gasteiger partial charge is 0.420 e. The molecule has 1 aliphatic rings. The SMILES string of the molecule is C=C(C)C(=O)OCC(C1CCCCC1)C(F)(F)C(O)C(F)(F)F. The molecule has 1 saturated carbocycles. The molecular weight excluding hydrogens is 323 g/mol. The summed E-state index contributed by atoms with van der Waals surface area (Å²) < 4.78 is 70.8. The second-order valence-electron chi connectivity index (χ2n) is 6.00. The minimum Gasteiger partial charge on any atom is -0.462 e. The van der Waals surface area contributed by atoms with E-state index in [1.807, 2.05) is 0 Å². The van der Waals surface area contributed by atoms with Crippen molar-refractivity contribution in [1.82, 2.24) is 0 Å². The number of halogens is 5. The molecule has 1 rings (SSSR count). The van der Waals surface area contributed by atoms with E-state index in [0.717, 1.165) is 6.42 Å². The Kier molecular flexibility index (Phi) is 6.56. The topological polar surface area (TPSA) is 46.5 Å². The van der Waals surface area contributed by atoms with Crippen molar-refractivity contribution in [3.63, 3.8) is 0 Å². The van der Waals surface area contributed by atoms with E-state index in [0.29, 0.717) is 25.7 Å². The molecule has 0 saturated heterocycles. The van der Waals surface area contributed by atoms with E-state index < -0.39 is 42.6 Å². The maximum atomic E-state index is 14.2. The Balaban J connectivity index is 2.96.